The lowest BCUT2D eigenvalue weighted by molar-refractivity contribution is 1.15. The molecule has 0 unspecified atom stereocenters. The number of rotatable bonds is 4. The minimum atomic E-state index is 1.01. The molecule has 0 saturated carbocycles. The summed E-state index contributed by atoms with van der Waals surface area (Å²) in [7, 11) is 0. The molecular formula is C16H17Br2N. The molecule has 2 aromatic carbocycles. The highest BCUT2D eigenvalue weighted by molar-refractivity contribution is 9.10. The molecule has 2 aromatic rings. The summed E-state index contributed by atoms with van der Waals surface area (Å²) < 4.78 is 1.10. The van der Waals surface area contributed by atoms with Gasteiger partial charge in [0.05, 0.1) is 0 Å². The van der Waals surface area contributed by atoms with E-state index < -0.39 is 0 Å². The molecule has 2 rings (SSSR count). The van der Waals surface area contributed by atoms with Gasteiger partial charge in [0.25, 0.3) is 0 Å². The van der Waals surface area contributed by atoms with E-state index in [1.807, 2.05) is 12.1 Å². The van der Waals surface area contributed by atoms with Crippen molar-refractivity contribution in [3.05, 3.63) is 57.6 Å². The molecule has 19 heavy (non-hydrogen) atoms. The van der Waals surface area contributed by atoms with Gasteiger partial charge >= 0.3 is 0 Å². The van der Waals surface area contributed by atoms with Gasteiger partial charge in [-0.3, -0.25) is 0 Å². The Hall–Kier alpha value is -0.800. The molecule has 0 bridgehead atoms. The summed E-state index contributed by atoms with van der Waals surface area (Å²) in [5.41, 5.74) is 6.29. The second kappa shape index (κ2) is 6.58. The van der Waals surface area contributed by atoms with Gasteiger partial charge < -0.3 is 5.32 Å². The first-order valence-electron chi connectivity index (χ1n) is 6.29. The van der Waals surface area contributed by atoms with E-state index in [0.717, 1.165) is 21.9 Å². The summed E-state index contributed by atoms with van der Waals surface area (Å²) >= 11 is 6.95. The lowest BCUT2D eigenvalue weighted by Crippen LogP contribution is -1.98. The van der Waals surface area contributed by atoms with Gasteiger partial charge in [-0.15, -0.1) is 0 Å². The zero-order valence-corrected chi connectivity index (χ0v) is 14.3. The highest BCUT2D eigenvalue weighted by Gasteiger charge is 2.05. The van der Waals surface area contributed by atoms with Gasteiger partial charge in [-0.05, 0) is 61.2 Å². The number of hydrogen-bond donors (Lipinski definition) is 1. The topological polar surface area (TPSA) is 12.0 Å². The van der Waals surface area contributed by atoms with Gasteiger partial charge in [0.1, 0.15) is 0 Å². The molecule has 3 heteroatoms. The van der Waals surface area contributed by atoms with E-state index in [9.17, 15) is 0 Å². The number of anilines is 2. The summed E-state index contributed by atoms with van der Waals surface area (Å²) in [5.74, 6) is 0. The molecule has 0 radical (unpaired) electrons. The molecule has 1 N–H and O–H groups in total. The molecule has 1 nitrogen and oxygen atoms in total. The van der Waals surface area contributed by atoms with Gasteiger partial charge in [-0.2, -0.15) is 0 Å². The Balaban J connectivity index is 2.27. The van der Waals surface area contributed by atoms with Crippen LogP contribution in [0.2, 0.25) is 0 Å². The van der Waals surface area contributed by atoms with Gasteiger partial charge in [0.2, 0.25) is 0 Å². The molecule has 0 amide bonds. The number of nitrogens with one attached hydrogen (secondary N) is 1. The Morgan fingerprint density at radius 2 is 1.58 bits per heavy atom. The second-order valence-corrected chi connectivity index (χ2v) is 6.38. The average Bonchev–Trinajstić information content (AvgIpc) is 2.36. The molecule has 0 aliphatic heterocycles. The quantitative estimate of drug-likeness (QED) is 0.664. The predicted molar refractivity (Wildman–Crippen MR) is 90.8 cm³/mol. The normalized spacial score (nSPS) is 10.5. The van der Waals surface area contributed by atoms with E-state index in [4.69, 9.17) is 0 Å². The third-order valence-electron chi connectivity index (χ3n) is 3.09. The van der Waals surface area contributed by atoms with Crippen molar-refractivity contribution >= 4 is 43.2 Å². The first kappa shape index (κ1) is 14.6. The lowest BCUT2D eigenvalue weighted by Gasteiger charge is -2.15. The van der Waals surface area contributed by atoms with Crippen molar-refractivity contribution in [3.8, 4) is 0 Å². The first-order chi connectivity index (χ1) is 9.10. The van der Waals surface area contributed by atoms with Crippen LogP contribution in [0.1, 0.15) is 16.7 Å². The van der Waals surface area contributed by atoms with E-state index in [1.165, 1.54) is 22.4 Å². The van der Waals surface area contributed by atoms with Crippen LogP contribution >= 0.6 is 31.9 Å². The third-order valence-corrected chi connectivity index (χ3v) is 4.01. The summed E-state index contributed by atoms with van der Waals surface area (Å²) in [4.78, 5) is 0. The fourth-order valence-electron chi connectivity index (χ4n) is 2.18. The maximum Gasteiger partial charge on any atom is 0.0443 e. The highest BCUT2D eigenvalue weighted by atomic mass is 79.9. The minimum Gasteiger partial charge on any atom is -0.355 e. The molecule has 0 saturated heterocycles. The minimum absolute atomic E-state index is 1.01. The van der Waals surface area contributed by atoms with Gasteiger partial charge in [0.15, 0.2) is 0 Å². The fourth-order valence-corrected chi connectivity index (χ4v) is 2.90. The SMILES string of the molecule is Cc1cc(CCBr)cc(C)c1Nc1ccc(Br)cc1. The largest absolute Gasteiger partial charge is 0.355 e. The summed E-state index contributed by atoms with van der Waals surface area (Å²) in [6.45, 7) is 4.32. The third kappa shape index (κ3) is 3.83. The van der Waals surface area contributed by atoms with Crippen LogP contribution in [0.15, 0.2) is 40.9 Å². The van der Waals surface area contributed by atoms with Crippen LogP contribution in [0.5, 0.6) is 0 Å². The number of halogens is 2. The molecule has 0 fully saturated rings. The molecule has 0 heterocycles. The van der Waals surface area contributed by atoms with Crippen molar-refractivity contribution in [1.82, 2.24) is 0 Å². The van der Waals surface area contributed by atoms with E-state index >= 15 is 0 Å². The second-order valence-electron chi connectivity index (χ2n) is 4.68. The van der Waals surface area contributed by atoms with Crippen LogP contribution in [0.4, 0.5) is 11.4 Å². The average molecular weight is 383 g/mol. The summed E-state index contributed by atoms with van der Waals surface area (Å²) in [6.07, 6.45) is 1.07. The van der Waals surface area contributed by atoms with Crippen molar-refractivity contribution in [2.24, 2.45) is 0 Å². The molecule has 0 aliphatic rings. The molecule has 0 spiro atoms. The maximum atomic E-state index is 3.50. The number of alkyl halides is 1. The Morgan fingerprint density at radius 1 is 1.00 bits per heavy atom. The van der Waals surface area contributed by atoms with Crippen LogP contribution in [-0.4, -0.2) is 5.33 Å². The van der Waals surface area contributed by atoms with Crippen LogP contribution in [0, 0.1) is 13.8 Å². The molecule has 0 aromatic heterocycles. The predicted octanol–water partition coefficient (Wildman–Crippen LogP) is 5.75. The summed E-state index contributed by atoms with van der Waals surface area (Å²) in [6, 6.07) is 12.8. The van der Waals surface area contributed by atoms with Crippen LogP contribution in [0.25, 0.3) is 0 Å². The molecule has 0 atom stereocenters. The summed E-state index contributed by atoms with van der Waals surface area (Å²) in [5, 5.41) is 4.51. The number of benzene rings is 2. The van der Waals surface area contributed by atoms with Crippen molar-refractivity contribution in [3.63, 3.8) is 0 Å². The molecule has 0 aliphatic carbocycles. The zero-order valence-electron chi connectivity index (χ0n) is 11.1. The van der Waals surface area contributed by atoms with E-state index in [-0.39, 0.29) is 0 Å². The maximum absolute atomic E-state index is 3.50. The Kier molecular flexibility index (Phi) is 5.06. The van der Waals surface area contributed by atoms with Crippen LogP contribution < -0.4 is 5.32 Å². The van der Waals surface area contributed by atoms with Crippen LogP contribution in [-0.2, 0) is 6.42 Å². The lowest BCUT2D eigenvalue weighted by atomic mass is 10.0. The Bertz CT molecular complexity index is 538. The van der Waals surface area contributed by atoms with E-state index in [0.29, 0.717) is 0 Å². The van der Waals surface area contributed by atoms with Crippen molar-refractivity contribution in [1.29, 1.82) is 0 Å². The number of aryl methyl sites for hydroxylation is 3. The number of hydrogen-bond acceptors (Lipinski definition) is 1. The molecule has 100 valence electrons. The Morgan fingerprint density at radius 3 is 2.11 bits per heavy atom. The molecular weight excluding hydrogens is 366 g/mol. The Labute approximate surface area is 131 Å². The fraction of sp³-hybridized carbons (Fsp3) is 0.250. The van der Waals surface area contributed by atoms with Gasteiger partial charge in [-0.25, -0.2) is 0 Å². The monoisotopic (exact) mass is 381 g/mol. The van der Waals surface area contributed by atoms with Crippen molar-refractivity contribution in [2.45, 2.75) is 20.3 Å². The van der Waals surface area contributed by atoms with Crippen molar-refractivity contribution < 1.29 is 0 Å². The van der Waals surface area contributed by atoms with Gasteiger partial charge in [-0.1, -0.05) is 44.0 Å². The van der Waals surface area contributed by atoms with E-state index in [2.05, 4.69) is 75.3 Å². The van der Waals surface area contributed by atoms with Crippen molar-refractivity contribution in [2.75, 3.05) is 10.6 Å². The standard InChI is InChI=1S/C16H17Br2N/c1-11-9-13(7-8-17)10-12(2)16(11)19-15-5-3-14(18)4-6-15/h3-6,9-10,19H,7-8H2,1-2H3. The van der Waals surface area contributed by atoms with Crippen LogP contribution in [0.3, 0.4) is 0 Å². The highest BCUT2D eigenvalue weighted by Crippen LogP contribution is 2.27. The first-order valence-corrected chi connectivity index (χ1v) is 8.20. The van der Waals surface area contributed by atoms with E-state index in [1.54, 1.807) is 0 Å². The zero-order chi connectivity index (χ0) is 13.8. The smallest absolute Gasteiger partial charge is 0.0443 e. The van der Waals surface area contributed by atoms with Gasteiger partial charge in [0, 0.05) is 21.2 Å².